The fraction of sp³-hybridized carbons (Fsp3) is 1.00. The second-order valence-electron chi connectivity index (χ2n) is 4.01. The summed E-state index contributed by atoms with van der Waals surface area (Å²) in [5.41, 5.74) is 0. The van der Waals surface area contributed by atoms with Crippen LogP contribution in [0.1, 0.15) is 26.7 Å². The van der Waals surface area contributed by atoms with E-state index in [0.717, 1.165) is 13.1 Å². The molecule has 64 valence electrons. The average molecular weight is 155 g/mol. The van der Waals surface area contributed by atoms with Gasteiger partial charge in [0, 0.05) is 19.1 Å². The summed E-state index contributed by atoms with van der Waals surface area (Å²) >= 11 is 0. The molecule has 0 spiro atoms. The summed E-state index contributed by atoms with van der Waals surface area (Å²) in [4.78, 5) is 2.53. The summed E-state index contributed by atoms with van der Waals surface area (Å²) in [5.74, 6) is 0. The van der Waals surface area contributed by atoms with Gasteiger partial charge in [0.05, 0.1) is 12.2 Å². The van der Waals surface area contributed by atoms with Crippen molar-refractivity contribution >= 4 is 0 Å². The van der Waals surface area contributed by atoms with Crippen LogP contribution in [0.25, 0.3) is 0 Å². The lowest BCUT2D eigenvalue weighted by molar-refractivity contribution is -0.0480. The van der Waals surface area contributed by atoms with Crippen LogP contribution < -0.4 is 0 Å². The van der Waals surface area contributed by atoms with E-state index >= 15 is 0 Å². The van der Waals surface area contributed by atoms with Gasteiger partial charge in [0.15, 0.2) is 0 Å². The van der Waals surface area contributed by atoms with Crippen LogP contribution in [0.4, 0.5) is 0 Å². The Morgan fingerprint density at radius 3 is 2.18 bits per heavy atom. The normalized spacial score (nSPS) is 38.5. The first-order valence-corrected chi connectivity index (χ1v) is 4.65. The summed E-state index contributed by atoms with van der Waals surface area (Å²) in [7, 11) is 0. The van der Waals surface area contributed by atoms with Crippen molar-refractivity contribution in [2.75, 3.05) is 13.1 Å². The molecule has 2 heterocycles. The van der Waals surface area contributed by atoms with E-state index in [4.69, 9.17) is 4.74 Å². The highest BCUT2D eigenvalue weighted by atomic mass is 16.5. The standard InChI is InChI=1S/C9H17NO/c1-7(2)10-5-8-3-4-9(6-10)11-8/h7-9H,3-6H2,1-2H3/t8-,9+. The molecule has 2 fully saturated rings. The van der Waals surface area contributed by atoms with Crippen molar-refractivity contribution in [3.05, 3.63) is 0 Å². The molecule has 2 nitrogen and oxygen atoms in total. The smallest absolute Gasteiger partial charge is 0.0707 e. The molecule has 0 amide bonds. The number of ether oxygens (including phenoxy) is 1. The van der Waals surface area contributed by atoms with E-state index in [2.05, 4.69) is 18.7 Å². The monoisotopic (exact) mass is 155 g/mol. The second-order valence-corrected chi connectivity index (χ2v) is 4.01. The third-order valence-electron chi connectivity index (χ3n) is 2.80. The summed E-state index contributed by atoms with van der Waals surface area (Å²) in [6.45, 7) is 6.86. The number of fused-ring (bicyclic) bond motifs is 2. The molecular weight excluding hydrogens is 138 g/mol. The van der Waals surface area contributed by atoms with Gasteiger partial charge in [0.2, 0.25) is 0 Å². The molecule has 0 N–H and O–H groups in total. The molecule has 2 saturated heterocycles. The zero-order chi connectivity index (χ0) is 7.84. The number of likely N-dealkylation sites (tertiary alicyclic amines) is 1. The Labute approximate surface area is 68.5 Å². The Morgan fingerprint density at radius 2 is 1.73 bits per heavy atom. The van der Waals surface area contributed by atoms with E-state index in [-0.39, 0.29) is 0 Å². The minimum absolute atomic E-state index is 0.552. The van der Waals surface area contributed by atoms with Crippen molar-refractivity contribution in [1.82, 2.24) is 4.90 Å². The highest BCUT2D eigenvalue weighted by Gasteiger charge is 2.34. The Bertz CT molecular complexity index is 134. The van der Waals surface area contributed by atoms with Crippen LogP contribution in [0.15, 0.2) is 0 Å². The maximum atomic E-state index is 5.74. The molecule has 0 unspecified atom stereocenters. The Balaban J connectivity index is 1.97. The van der Waals surface area contributed by atoms with E-state index in [1.165, 1.54) is 12.8 Å². The van der Waals surface area contributed by atoms with Crippen LogP contribution in [0.2, 0.25) is 0 Å². The molecule has 11 heavy (non-hydrogen) atoms. The molecule has 2 aliphatic heterocycles. The highest BCUT2D eigenvalue weighted by molar-refractivity contribution is 4.85. The molecule has 0 aliphatic carbocycles. The molecule has 0 saturated carbocycles. The lowest BCUT2D eigenvalue weighted by Crippen LogP contribution is -2.45. The van der Waals surface area contributed by atoms with Gasteiger partial charge in [-0.05, 0) is 26.7 Å². The Kier molecular flexibility index (Phi) is 1.90. The predicted octanol–water partition coefficient (Wildman–Crippen LogP) is 1.26. The van der Waals surface area contributed by atoms with Crippen LogP contribution >= 0.6 is 0 Å². The predicted molar refractivity (Wildman–Crippen MR) is 44.6 cm³/mol. The fourth-order valence-corrected chi connectivity index (χ4v) is 2.07. The minimum Gasteiger partial charge on any atom is -0.372 e. The van der Waals surface area contributed by atoms with Crippen molar-refractivity contribution in [2.24, 2.45) is 0 Å². The van der Waals surface area contributed by atoms with Gasteiger partial charge in [0.25, 0.3) is 0 Å². The highest BCUT2D eigenvalue weighted by Crippen LogP contribution is 2.26. The number of hydrogen-bond donors (Lipinski definition) is 0. The summed E-state index contributed by atoms with van der Waals surface area (Å²) in [6.07, 6.45) is 3.68. The summed E-state index contributed by atoms with van der Waals surface area (Å²) < 4.78 is 5.74. The van der Waals surface area contributed by atoms with Gasteiger partial charge in [-0.15, -0.1) is 0 Å². The molecule has 0 radical (unpaired) electrons. The van der Waals surface area contributed by atoms with Gasteiger partial charge < -0.3 is 4.74 Å². The van der Waals surface area contributed by atoms with E-state index in [1.54, 1.807) is 0 Å². The lowest BCUT2D eigenvalue weighted by atomic mass is 10.2. The first-order valence-electron chi connectivity index (χ1n) is 4.65. The zero-order valence-electron chi connectivity index (χ0n) is 7.42. The third kappa shape index (κ3) is 1.42. The summed E-state index contributed by atoms with van der Waals surface area (Å²) in [6, 6.07) is 0.696. The Hall–Kier alpha value is -0.0800. The molecule has 0 aromatic heterocycles. The van der Waals surface area contributed by atoms with Crippen LogP contribution in [0.3, 0.4) is 0 Å². The summed E-state index contributed by atoms with van der Waals surface area (Å²) in [5, 5.41) is 0. The minimum atomic E-state index is 0.552. The van der Waals surface area contributed by atoms with E-state index in [9.17, 15) is 0 Å². The molecule has 2 bridgehead atoms. The largest absolute Gasteiger partial charge is 0.372 e. The first kappa shape index (κ1) is 7.56. The quantitative estimate of drug-likeness (QED) is 0.565. The maximum absolute atomic E-state index is 5.74. The van der Waals surface area contributed by atoms with Crippen LogP contribution in [0, 0.1) is 0 Å². The molecular formula is C9H17NO. The van der Waals surface area contributed by atoms with Crippen LogP contribution in [0.5, 0.6) is 0 Å². The topological polar surface area (TPSA) is 12.5 Å². The molecule has 2 rings (SSSR count). The van der Waals surface area contributed by atoms with Crippen molar-refractivity contribution in [3.63, 3.8) is 0 Å². The Morgan fingerprint density at radius 1 is 1.18 bits per heavy atom. The van der Waals surface area contributed by atoms with Crippen molar-refractivity contribution in [3.8, 4) is 0 Å². The SMILES string of the molecule is CC(C)N1C[C@H]2CC[C@@H](C1)O2. The van der Waals surface area contributed by atoms with Gasteiger partial charge >= 0.3 is 0 Å². The number of morpholine rings is 1. The van der Waals surface area contributed by atoms with Crippen molar-refractivity contribution < 1.29 is 4.74 Å². The average Bonchev–Trinajstić information content (AvgIpc) is 2.30. The van der Waals surface area contributed by atoms with Gasteiger partial charge in [-0.2, -0.15) is 0 Å². The molecule has 2 atom stereocenters. The van der Waals surface area contributed by atoms with E-state index < -0.39 is 0 Å². The van der Waals surface area contributed by atoms with Crippen LogP contribution in [-0.2, 0) is 4.74 Å². The van der Waals surface area contributed by atoms with Gasteiger partial charge in [-0.1, -0.05) is 0 Å². The van der Waals surface area contributed by atoms with E-state index in [1.807, 2.05) is 0 Å². The lowest BCUT2D eigenvalue weighted by Gasteiger charge is -2.34. The van der Waals surface area contributed by atoms with Gasteiger partial charge in [-0.25, -0.2) is 0 Å². The maximum Gasteiger partial charge on any atom is 0.0707 e. The van der Waals surface area contributed by atoms with Gasteiger partial charge in [0.1, 0.15) is 0 Å². The van der Waals surface area contributed by atoms with Crippen LogP contribution in [-0.4, -0.2) is 36.2 Å². The molecule has 2 heteroatoms. The molecule has 0 aromatic rings. The number of nitrogens with zero attached hydrogens (tertiary/aromatic N) is 1. The number of hydrogen-bond acceptors (Lipinski definition) is 2. The van der Waals surface area contributed by atoms with E-state index in [0.29, 0.717) is 18.2 Å². The van der Waals surface area contributed by atoms with Crippen molar-refractivity contribution in [1.29, 1.82) is 0 Å². The molecule has 2 aliphatic rings. The fourth-order valence-electron chi connectivity index (χ4n) is 2.07. The second kappa shape index (κ2) is 2.76. The van der Waals surface area contributed by atoms with Gasteiger partial charge in [-0.3, -0.25) is 4.90 Å². The third-order valence-corrected chi connectivity index (χ3v) is 2.80. The van der Waals surface area contributed by atoms with Crippen molar-refractivity contribution in [2.45, 2.75) is 44.9 Å². The zero-order valence-corrected chi connectivity index (χ0v) is 7.42. The molecule has 0 aromatic carbocycles. The number of rotatable bonds is 1. The first-order chi connectivity index (χ1) is 5.25.